The number of esters is 3. The molecule has 0 radical (unpaired) electrons. The number of carbonyl (C=O) groups is 3. The van der Waals surface area contributed by atoms with Crippen LogP contribution in [0.3, 0.4) is 0 Å². The van der Waals surface area contributed by atoms with Crippen molar-refractivity contribution in [1.29, 1.82) is 0 Å². The Balaban J connectivity index is 4.21. The molecule has 0 aliphatic carbocycles. The summed E-state index contributed by atoms with van der Waals surface area (Å²) in [5.41, 5.74) is 0. The van der Waals surface area contributed by atoms with E-state index in [0.717, 1.165) is 96.3 Å². The first kappa shape index (κ1) is 69.6. The largest absolute Gasteiger partial charge is 0.462 e. The Hall–Kier alpha value is -3.41. The lowest BCUT2D eigenvalue weighted by Crippen LogP contribution is -2.30. The summed E-state index contributed by atoms with van der Waals surface area (Å²) < 4.78 is 16.9. The Bertz CT molecular complexity index is 1400. The first-order valence-electron chi connectivity index (χ1n) is 31.1. The predicted octanol–water partition coefficient (Wildman–Crippen LogP) is 21.1. The summed E-state index contributed by atoms with van der Waals surface area (Å²) >= 11 is 0. The summed E-state index contributed by atoms with van der Waals surface area (Å²) in [6.45, 7) is 6.50. The normalized spacial score (nSPS) is 12.6. The minimum atomic E-state index is -0.778. The smallest absolute Gasteiger partial charge is 0.306 e. The maximum Gasteiger partial charge on any atom is 0.306 e. The molecular weight excluding hydrogens is 901 g/mol. The Labute approximate surface area is 452 Å². The molecule has 0 saturated carbocycles. The number of ether oxygens (including phenoxy) is 3. The number of rotatable bonds is 56. The van der Waals surface area contributed by atoms with Crippen molar-refractivity contribution in [3.05, 3.63) is 85.1 Å². The van der Waals surface area contributed by atoms with E-state index in [4.69, 9.17) is 14.2 Å². The van der Waals surface area contributed by atoms with E-state index in [1.807, 2.05) is 0 Å². The van der Waals surface area contributed by atoms with Crippen LogP contribution in [-0.2, 0) is 28.6 Å². The fourth-order valence-electron chi connectivity index (χ4n) is 8.74. The van der Waals surface area contributed by atoms with E-state index in [9.17, 15) is 14.4 Å². The molecule has 0 bridgehead atoms. The van der Waals surface area contributed by atoms with Crippen LogP contribution in [0.15, 0.2) is 85.1 Å². The molecule has 0 amide bonds. The fraction of sp³-hybridized carbons (Fsp3) is 0.746. The minimum Gasteiger partial charge on any atom is -0.462 e. The van der Waals surface area contributed by atoms with Crippen LogP contribution in [0, 0.1) is 0 Å². The number of unbranched alkanes of at least 4 members (excludes halogenated alkanes) is 31. The van der Waals surface area contributed by atoms with Crippen molar-refractivity contribution in [1.82, 2.24) is 0 Å². The van der Waals surface area contributed by atoms with Crippen molar-refractivity contribution in [2.24, 2.45) is 0 Å². The van der Waals surface area contributed by atoms with E-state index in [2.05, 4.69) is 106 Å². The predicted molar refractivity (Wildman–Crippen MR) is 316 cm³/mol. The number of hydrogen-bond donors (Lipinski definition) is 0. The third-order valence-corrected chi connectivity index (χ3v) is 13.4. The number of carbonyl (C=O) groups excluding carboxylic acids is 3. The van der Waals surface area contributed by atoms with Crippen molar-refractivity contribution in [2.75, 3.05) is 13.2 Å². The highest BCUT2D eigenvalue weighted by Crippen LogP contribution is 2.16. The zero-order valence-corrected chi connectivity index (χ0v) is 48.1. The van der Waals surface area contributed by atoms with Gasteiger partial charge in [0.1, 0.15) is 13.2 Å². The van der Waals surface area contributed by atoms with E-state index >= 15 is 0 Å². The zero-order valence-electron chi connectivity index (χ0n) is 48.1. The molecule has 0 aliphatic rings. The fourth-order valence-corrected chi connectivity index (χ4v) is 8.74. The van der Waals surface area contributed by atoms with E-state index < -0.39 is 6.10 Å². The Morgan fingerprint density at radius 2 is 0.534 bits per heavy atom. The molecule has 0 aliphatic heterocycles. The second-order valence-corrected chi connectivity index (χ2v) is 20.6. The third kappa shape index (κ3) is 59.3. The average Bonchev–Trinajstić information content (AvgIpc) is 3.39. The van der Waals surface area contributed by atoms with Gasteiger partial charge >= 0.3 is 17.9 Å². The minimum absolute atomic E-state index is 0.0762. The molecule has 1 atom stereocenters. The van der Waals surface area contributed by atoms with E-state index in [1.54, 1.807) is 0 Å². The highest BCUT2D eigenvalue weighted by molar-refractivity contribution is 5.71. The van der Waals surface area contributed by atoms with E-state index in [0.29, 0.717) is 19.3 Å². The number of hydrogen-bond acceptors (Lipinski definition) is 6. The lowest BCUT2D eigenvalue weighted by atomic mass is 10.0. The summed E-state index contributed by atoms with van der Waals surface area (Å²) in [5.74, 6) is -0.876. The first-order valence-corrected chi connectivity index (χ1v) is 31.1. The molecule has 0 spiro atoms. The Kier molecular flexibility index (Phi) is 58.3. The van der Waals surface area contributed by atoms with Crippen LogP contribution in [0.4, 0.5) is 0 Å². The van der Waals surface area contributed by atoms with Gasteiger partial charge in [-0.3, -0.25) is 14.4 Å². The SMILES string of the molecule is CC/C=C\C/C=C\C/C=C\C/C=C\C/C=C\CCCCCCCCCCCCCC(=O)OCC(COC(=O)CCCCCCCCCCC)OC(=O)CCCCCCCCCCC/C=C\C/C=C\CCCCC. The monoisotopic (exact) mass is 1020 g/mol. The van der Waals surface area contributed by atoms with Gasteiger partial charge < -0.3 is 14.2 Å². The van der Waals surface area contributed by atoms with Gasteiger partial charge in [0.15, 0.2) is 6.10 Å². The second kappa shape index (κ2) is 61.1. The first-order chi connectivity index (χ1) is 36.0. The lowest BCUT2D eigenvalue weighted by molar-refractivity contribution is -0.167. The Morgan fingerprint density at radius 3 is 0.863 bits per heavy atom. The van der Waals surface area contributed by atoms with Gasteiger partial charge in [-0.2, -0.15) is 0 Å². The quantitative estimate of drug-likeness (QED) is 0.0261. The van der Waals surface area contributed by atoms with Gasteiger partial charge in [0.25, 0.3) is 0 Å². The van der Waals surface area contributed by atoms with E-state index in [-0.39, 0.29) is 31.1 Å². The van der Waals surface area contributed by atoms with Gasteiger partial charge in [-0.25, -0.2) is 0 Å². The molecule has 0 aromatic heterocycles. The lowest BCUT2D eigenvalue weighted by Gasteiger charge is -2.18. The molecule has 6 heteroatoms. The highest BCUT2D eigenvalue weighted by atomic mass is 16.6. The van der Waals surface area contributed by atoms with Crippen LogP contribution in [0.1, 0.15) is 303 Å². The van der Waals surface area contributed by atoms with Crippen molar-refractivity contribution < 1.29 is 28.6 Å². The van der Waals surface area contributed by atoms with Gasteiger partial charge in [-0.1, -0.05) is 273 Å². The molecular formula is C67H116O6. The van der Waals surface area contributed by atoms with Gasteiger partial charge in [-0.05, 0) is 96.3 Å². The van der Waals surface area contributed by atoms with Gasteiger partial charge in [-0.15, -0.1) is 0 Å². The molecule has 420 valence electrons. The maximum atomic E-state index is 12.9. The van der Waals surface area contributed by atoms with Crippen LogP contribution in [0.5, 0.6) is 0 Å². The molecule has 0 rings (SSSR count). The van der Waals surface area contributed by atoms with Crippen molar-refractivity contribution >= 4 is 17.9 Å². The second-order valence-electron chi connectivity index (χ2n) is 20.6. The van der Waals surface area contributed by atoms with E-state index in [1.165, 1.54) is 167 Å². The van der Waals surface area contributed by atoms with Gasteiger partial charge in [0, 0.05) is 19.3 Å². The van der Waals surface area contributed by atoms with Crippen LogP contribution in [0.25, 0.3) is 0 Å². The summed E-state index contributed by atoms with van der Waals surface area (Å²) in [4.78, 5) is 38.1. The molecule has 0 aromatic carbocycles. The van der Waals surface area contributed by atoms with Crippen LogP contribution < -0.4 is 0 Å². The highest BCUT2D eigenvalue weighted by Gasteiger charge is 2.19. The molecule has 0 saturated heterocycles. The topological polar surface area (TPSA) is 78.9 Å². The molecule has 0 aromatic rings. The molecule has 6 nitrogen and oxygen atoms in total. The van der Waals surface area contributed by atoms with Crippen molar-refractivity contribution in [2.45, 2.75) is 309 Å². The third-order valence-electron chi connectivity index (χ3n) is 13.4. The standard InChI is InChI=1S/C67H116O6/c1-4-7-10-13-16-19-21-23-25-27-29-30-31-32-33-34-35-36-38-39-41-43-45-48-51-54-57-60-66(69)72-63-64(62-71-65(68)59-56-53-50-47-18-15-12-9-6-3)73-67(70)61-58-55-52-49-46-44-42-40-37-28-26-24-22-20-17-14-11-8-5-2/h7,10,16-17,19-20,23-26,29-30,32-33,64H,4-6,8-9,11-15,18,21-22,27-28,31,34-63H2,1-3H3/b10-7-,19-16-,20-17-,25-23-,26-24-,30-29-,33-32-. The van der Waals surface area contributed by atoms with Gasteiger partial charge in [0.2, 0.25) is 0 Å². The van der Waals surface area contributed by atoms with Crippen molar-refractivity contribution in [3.63, 3.8) is 0 Å². The number of allylic oxidation sites excluding steroid dienone is 14. The molecule has 0 N–H and O–H groups in total. The average molecular weight is 1020 g/mol. The van der Waals surface area contributed by atoms with Gasteiger partial charge in [0.05, 0.1) is 0 Å². The summed E-state index contributed by atoms with van der Waals surface area (Å²) in [6.07, 6.45) is 80.2. The summed E-state index contributed by atoms with van der Waals surface area (Å²) in [6, 6.07) is 0. The molecule has 0 heterocycles. The van der Waals surface area contributed by atoms with Crippen LogP contribution >= 0.6 is 0 Å². The molecule has 1 unspecified atom stereocenters. The zero-order chi connectivity index (χ0) is 52.9. The van der Waals surface area contributed by atoms with Crippen LogP contribution in [0.2, 0.25) is 0 Å². The molecule has 73 heavy (non-hydrogen) atoms. The molecule has 0 fully saturated rings. The maximum absolute atomic E-state index is 12.9. The van der Waals surface area contributed by atoms with Crippen LogP contribution in [-0.4, -0.2) is 37.2 Å². The summed E-state index contributed by atoms with van der Waals surface area (Å²) in [7, 11) is 0. The Morgan fingerprint density at radius 1 is 0.288 bits per heavy atom. The summed E-state index contributed by atoms with van der Waals surface area (Å²) in [5, 5.41) is 0. The van der Waals surface area contributed by atoms with Crippen molar-refractivity contribution in [3.8, 4) is 0 Å².